The largest absolute Gasteiger partial charge is 0.494 e. The lowest BCUT2D eigenvalue weighted by atomic mass is 9.97. The normalized spacial score (nSPS) is 19.3. The molecule has 1 saturated heterocycles. The Hall–Kier alpha value is -2.66. The Bertz CT molecular complexity index is 870. The van der Waals surface area contributed by atoms with Gasteiger partial charge in [0.15, 0.2) is 0 Å². The molecule has 5 heteroatoms. The van der Waals surface area contributed by atoms with Crippen molar-refractivity contribution in [2.24, 2.45) is 4.99 Å². The first-order valence-corrected chi connectivity index (χ1v) is 10.6. The number of piperidine rings is 1. The first kappa shape index (κ1) is 19.6. The van der Waals surface area contributed by atoms with Gasteiger partial charge in [-0.2, -0.15) is 0 Å². The summed E-state index contributed by atoms with van der Waals surface area (Å²) in [6.45, 7) is 6.34. The van der Waals surface area contributed by atoms with Gasteiger partial charge in [-0.25, -0.2) is 0 Å². The van der Waals surface area contributed by atoms with Crippen molar-refractivity contribution in [2.45, 2.75) is 38.5 Å². The summed E-state index contributed by atoms with van der Waals surface area (Å²) in [7, 11) is 0. The zero-order chi connectivity index (χ0) is 20.1. The summed E-state index contributed by atoms with van der Waals surface area (Å²) in [5.41, 5.74) is 3.83. The van der Waals surface area contributed by atoms with Gasteiger partial charge in [0.25, 0.3) is 0 Å². The first-order valence-electron chi connectivity index (χ1n) is 10.6. The lowest BCUT2D eigenvalue weighted by Crippen LogP contribution is -2.31. The number of amides is 1. The van der Waals surface area contributed by atoms with Gasteiger partial charge in [-0.05, 0) is 80.7 Å². The van der Waals surface area contributed by atoms with Crippen molar-refractivity contribution >= 4 is 23.5 Å². The molecule has 1 atom stereocenters. The van der Waals surface area contributed by atoms with Crippen molar-refractivity contribution in [3.05, 3.63) is 53.6 Å². The lowest BCUT2D eigenvalue weighted by molar-refractivity contribution is -0.115. The number of fused-ring (bicyclic) bond motifs is 1. The molecule has 1 amide bonds. The summed E-state index contributed by atoms with van der Waals surface area (Å²) >= 11 is 0. The molecule has 1 N–H and O–H groups in total. The number of rotatable bonds is 7. The number of nitrogens with one attached hydrogen (secondary N) is 1. The van der Waals surface area contributed by atoms with E-state index >= 15 is 0 Å². The molecule has 0 radical (unpaired) electrons. The van der Waals surface area contributed by atoms with Crippen LogP contribution in [0.1, 0.15) is 42.7 Å². The number of hydrogen-bond donors (Lipinski definition) is 1. The maximum absolute atomic E-state index is 12.3. The zero-order valence-corrected chi connectivity index (χ0v) is 17.1. The molecule has 0 saturated carbocycles. The summed E-state index contributed by atoms with van der Waals surface area (Å²) < 4.78 is 5.87. The van der Waals surface area contributed by atoms with E-state index in [-0.39, 0.29) is 11.8 Å². The minimum absolute atomic E-state index is 0.0216. The fourth-order valence-corrected chi connectivity index (χ4v) is 4.14. The summed E-state index contributed by atoms with van der Waals surface area (Å²) in [6, 6.07) is 13.7. The quantitative estimate of drug-likeness (QED) is 0.550. The second-order valence-electron chi connectivity index (χ2n) is 7.88. The van der Waals surface area contributed by atoms with E-state index in [1.165, 1.54) is 32.4 Å². The smallest absolute Gasteiger partial charge is 0.237 e. The standard InChI is InChI=1S/C24H29N3O2/c1-18-7-5-8-22-23(18)21(24(28)26-22)17-25-19-9-11-20(12-10-19)29-16-6-15-27-13-3-2-4-14-27/h5,7-12,17,21H,2-4,6,13-16H2,1H3,(H,26,28). The number of likely N-dealkylation sites (tertiary alicyclic amines) is 1. The molecule has 0 aromatic heterocycles. The van der Waals surface area contributed by atoms with Crippen LogP contribution in [0, 0.1) is 6.92 Å². The van der Waals surface area contributed by atoms with E-state index in [9.17, 15) is 4.79 Å². The molecule has 5 nitrogen and oxygen atoms in total. The lowest BCUT2D eigenvalue weighted by Gasteiger charge is -2.26. The van der Waals surface area contributed by atoms with Gasteiger partial charge in [-0.15, -0.1) is 0 Å². The van der Waals surface area contributed by atoms with Crippen LogP contribution in [0.15, 0.2) is 47.5 Å². The van der Waals surface area contributed by atoms with E-state index in [2.05, 4.69) is 15.2 Å². The molecule has 2 aromatic rings. The number of aliphatic imine (C=N–C) groups is 1. The highest BCUT2D eigenvalue weighted by molar-refractivity contribution is 6.13. The van der Waals surface area contributed by atoms with Crippen LogP contribution in [0.3, 0.4) is 0 Å². The zero-order valence-electron chi connectivity index (χ0n) is 17.1. The van der Waals surface area contributed by atoms with Gasteiger partial charge in [-0.3, -0.25) is 9.79 Å². The van der Waals surface area contributed by atoms with E-state index in [0.29, 0.717) is 0 Å². The third kappa shape index (κ3) is 4.85. The molecule has 152 valence electrons. The number of carbonyl (C=O) groups is 1. The first-order chi connectivity index (χ1) is 14.2. The molecule has 2 heterocycles. The molecule has 0 bridgehead atoms. The van der Waals surface area contributed by atoms with Crippen LogP contribution in [0.5, 0.6) is 5.75 Å². The van der Waals surface area contributed by atoms with Crippen molar-refractivity contribution in [1.82, 2.24) is 4.90 Å². The van der Waals surface area contributed by atoms with Crippen molar-refractivity contribution in [3.8, 4) is 5.75 Å². The molecule has 1 fully saturated rings. The average molecular weight is 392 g/mol. The Morgan fingerprint density at radius 1 is 1.14 bits per heavy atom. The number of ether oxygens (including phenoxy) is 1. The predicted octanol–water partition coefficient (Wildman–Crippen LogP) is 4.69. The number of nitrogens with zero attached hydrogens (tertiary/aromatic N) is 2. The van der Waals surface area contributed by atoms with Crippen molar-refractivity contribution in [2.75, 3.05) is 31.6 Å². The Morgan fingerprint density at radius 3 is 2.72 bits per heavy atom. The Morgan fingerprint density at radius 2 is 1.93 bits per heavy atom. The van der Waals surface area contributed by atoms with Crippen LogP contribution in [-0.2, 0) is 4.79 Å². The maximum atomic E-state index is 12.3. The third-order valence-electron chi connectivity index (χ3n) is 5.72. The Balaban J connectivity index is 1.29. The molecular weight excluding hydrogens is 362 g/mol. The topological polar surface area (TPSA) is 53.9 Å². The van der Waals surface area contributed by atoms with Crippen LogP contribution < -0.4 is 10.1 Å². The van der Waals surface area contributed by atoms with Crippen molar-refractivity contribution in [1.29, 1.82) is 0 Å². The van der Waals surface area contributed by atoms with Gasteiger partial charge < -0.3 is 15.0 Å². The second-order valence-corrected chi connectivity index (χ2v) is 7.88. The number of carbonyl (C=O) groups excluding carboxylic acids is 1. The van der Waals surface area contributed by atoms with Crippen LogP contribution in [0.4, 0.5) is 11.4 Å². The highest BCUT2D eigenvalue weighted by Crippen LogP contribution is 2.34. The van der Waals surface area contributed by atoms with Crippen LogP contribution in [0.2, 0.25) is 0 Å². The molecule has 2 aliphatic rings. The highest BCUT2D eigenvalue weighted by Gasteiger charge is 2.30. The summed E-state index contributed by atoms with van der Waals surface area (Å²) in [5.74, 6) is 0.506. The third-order valence-corrected chi connectivity index (χ3v) is 5.72. The van der Waals surface area contributed by atoms with Gasteiger partial charge in [0.05, 0.1) is 12.3 Å². The molecule has 0 aliphatic carbocycles. The number of aryl methyl sites for hydroxylation is 1. The molecule has 2 aliphatic heterocycles. The average Bonchev–Trinajstić information content (AvgIpc) is 3.07. The molecule has 2 aromatic carbocycles. The molecule has 0 spiro atoms. The summed E-state index contributed by atoms with van der Waals surface area (Å²) in [6.07, 6.45) is 6.82. The molecule has 29 heavy (non-hydrogen) atoms. The highest BCUT2D eigenvalue weighted by atomic mass is 16.5. The SMILES string of the molecule is Cc1cccc2c1C(C=Nc1ccc(OCCCN3CCCCC3)cc1)C(=O)N2. The van der Waals surface area contributed by atoms with Gasteiger partial charge in [0.1, 0.15) is 11.7 Å². The van der Waals surface area contributed by atoms with E-state index in [4.69, 9.17) is 4.74 Å². The van der Waals surface area contributed by atoms with E-state index in [1.54, 1.807) is 6.21 Å². The minimum Gasteiger partial charge on any atom is -0.494 e. The molecular formula is C24H29N3O2. The Kier molecular flexibility index (Phi) is 6.25. The predicted molar refractivity (Wildman–Crippen MR) is 118 cm³/mol. The fourth-order valence-electron chi connectivity index (χ4n) is 4.14. The number of hydrogen-bond acceptors (Lipinski definition) is 4. The molecule has 1 unspecified atom stereocenters. The van der Waals surface area contributed by atoms with Crippen LogP contribution >= 0.6 is 0 Å². The molecule has 4 rings (SSSR count). The monoisotopic (exact) mass is 391 g/mol. The van der Waals surface area contributed by atoms with E-state index in [1.807, 2.05) is 49.4 Å². The van der Waals surface area contributed by atoms with Gasteiger partial charge >= 0.3 is 0 Å². The summed E-state index contributed by atoms with van der Waals surface area (Å²) in [4.78, 5) is 19.4. The van der Waals surface area contributed by atoms with Crippen molar-refractivity contribution in [3.63, 3.8) is 0 Å². The van der Waals surface area contributed by atoms with E-state index < -0.39 is 0 Å². The number of anilines is 1. The summed E-state index contributed by atoms with van der Waals surface area (Å²) in [5, 5.41) is 2.93. The maximum Gasteiger partial charge on any atom is 0.237 e. The van der Waals surface area contributed by atoms with Crippen molar-refractivity contribution < 1.29 is 9.53 Å². The van der Waals surface area contributed by atoms with Gasteiger partial charge in [-0.1, -0.05) is 18.6 Å². The fraction of sp³-hybridized carbons (Fsp3) is 0.417. The Labute approximate surface area is 172 Å². The number of benzene rings is 2. The van der Waals surface area contributed by atoms with Gasteiger partial charge in [0, 0.05) is 18.4 Å². The van der Waals surface area contributed by atoms with E-state index in [0.717, 1.165) is 47.8 Å². The van der Waals surface area contributed by atoms with Crippen LogP contribution in [-0.4, -0.2) is 43.3 Å². The minimum atomic E-state index is -0.336. The van der Waals surface area contributed by atoms with Gasteiger partial charge in [0.2, 0.25) is 5.91 Å². The second kappa shape index (κ2) is 9.23. The van der Waals surface area contributed by atoms with Crippen LogP contribution in [0.25, 0.3) is 0 Å².